The zero-order chi connectivity index (χ0) is 21.5. The summed E-state index contributed by atoms with van der Waals surface area (Å²) in [5.74, 6) is -1.98. The zero-order valence-corrected chi connectivity index (χ0v) is 16.2. The minimum atomic E-state index is -0.706. The first kappa shape index (κ1) is 21.0. The molecule has 3 rings (SSSR count). The minimum absolute atomic E-state index is 0.186. The third-order valence-electron chi connectivity index (χ3n) is 4.12. The first-order chi connectivity index (χ1) is 14.5. The third kappa shape index (κ3) is 5.41. The highest BCUT2D eigenvalue weighted by atomic mass is 19.1. The van der Waals surface area contributed by atoms with Crippen LogP contribution in [0, 0.1) is 11.6 Å². The molecule has 0 fully saturated rings. The van der Waals surface area contributed by atoms with Gasteiger partial charge in [-0.2, -0.15) is 0 Å². The van der Waals surface area contributed by atoms with Crippen LogP contribution in [0.5, 0.6) is 5.75 Å². The number of rotatable bonds is 7. The Morgan fingerprint density at radius 3 is 2.47 bits per heavy atom. The van der Waals surface area contributed by atoms with E-state index in [1.165, 1.54) is 36.4 Å². The van der Waals surface area contributed by atoms with Crippen LogP contribution in [0.1, 0.15) is 17.3 Å². The van der Waals surface area contributed by atoms with Gasteiger partial charge in [-0.25, -0.2) is 13.6 Å². The first-order valence-corrected chi connectivity index (χ1v) is 9.21. The van der Waals surface area contributed by atoms with Crippen molar-refractivity contribution in [3.05, 3.63) is 83.9 Å². The summed E-state index contributed by atoms with van der Waals surface area (Å²) in [5, 5.41) is 2.59. The molecule has 0 radical (unpaired) electrons. The van der Waals surface area contributed by atoms with E-state index in [0.29, 0.717) is 22.6 Å². The van der Waals surface area contributed by atoms with Gasteiger partial charge in [0.05, 0.1) is 12.2 Å². The fraction of sp³-hybridized carbons (Fsp3) is 0.130. The van der Waals surface area contributed by atoms with E-state index in [0.717, 1.165) is 6.07 Å². The quantitative estimate of drug-likeness (QED) is 0.566. The molecule has 1 N–H and O–H groups in total. The number of ether oxygens (including phenoxy) is 2. The van der Waals surface area contributed by atoms with Gasteiger partial charge in [0.25, 0.3) is 5.91 Å². The summed E-state index contributed by atoms with van der Waals surface area (Å²) in [4.78, 5) is 24.0. The van der Waals surface area contributed by atoms with E-state index < -0.39 is 23.5 Å². The van der Waals surface area contributed by atoms with Crippen LogP contribution in [0.4, 0.5) is 14.5 Å². The lowest BCUT2D eigenvalue weighted by Crippen LogP contribution is -2.15. The van der Waals surface area contributed by atoms with Gasteiger partial charge < -0.3 is 14.8 Å². The van der Waals surface area contributed by atoms with Crippen molar-refractivity contribution in [2.45, 2.75) is 6.92 Å². The predicted octanol–water partition coefficient (Wildman–Crippen LogP) is 4.83. The van der Waals surface area contributed by atoms with E-state index in [4.69, 9.17) is 9.47 Å². The van der Waals surface area contributed by atoms with Crippen LogP contribution in [0.15, 0.2) is 66.7 Å². The molecule has 5 nitrogen and oxygen atoms in total. The van der Waals surface area contributed by atoms with Crippen LogP contribution in [0.25, 0.3) is 11.1 Å². The summed E-state index contributed by atoms with van der Waals surface area (Å²) in [7, 11) is 0. The van der Waals surface area contributed by atoms with E-state index in [-0.39, 0.29) is 18.8 Å². The summed E-state index contributed by atoms with van der Waals surface area (Å²) >= 11 is 0. The average Bonchev–Trinajstić information content (AvgIpc) is 2.73. The molecular formula is C23H19F2NO4. The number of benzene rings is 3. The molecule has 0 saturated carbocycles. The number of amides is 1. The average molecular weight is 411 g/mol. The Morgan fingerprint density at radius 2 is 1.70 bits per heavy atom. The van der Waals surface area contributed by atoms with Gasteiger partial charge in [0.1, 0.15) is 17.4 Å². The van der Waals surface area contributed by atoms with Crippen LogP contribution in [0.2, 0.25) is 0 Å². The lowest BCUT2D eigenvalue weighted by molar-refractivity contribution is -0.145. The van der Waals surface area contributed by atoms with Crippen LogP contribution in [0.3, 0.4) is 0 Å². The molecule has 3 aromatic rings. The Morgan fingerprint density at radius 1 is 0.933 bits per heavy atom. The van der Waals surface area contributed by atoms with Gasteiger partial charge in [-0.05, 0) is 54.4 Å². The molecule has 0 unspecified atom stereocenters. The number of hydrogen-bond acceptors (Lipinski definition) is 4. The third-order valence-corrected chi connectivity index (χ3v) is 4.12. The highest BCUT2D eigenvalue weighted by molar-refractivity contribution is 6.05. The molecule has 0 atom stereocenters. The lowest BCUT2D eigenvalue weighted by atomic mass is 10.0. The van der Waals surface area contributed by atoms with Crippen molar-refractivity contribution in [2.24, 2.45) is 0 Å². The largest absolute Gasteiger partial charge is 0.482 e. The van der Waals surface area contributed by atoms with Crippen molar-refractivity contribution in [1.29, 1.82) is 0 Å². The van der Waals surface area contributed by atoms with Gasteiger partial charge in [-0.1, -0.05) is 24.3 Å². The summed E-state index contributed by atoms with van der Waals surface area (Å²) in [6.45, 7) is 1.67. The van der Waals surface area contributed by atoms with Crippen molar-refractivity contribution < 1.29 is 27.8 Å². The summed E-state index contributed by atoms with van der Waals surface area (Å²) in [5.41, 5.74) is 1.21. The molecule has 7 heteroatoms. The smallest absolute Gasteiger partial charge is 0.344 e. The summed E-state index contributed by atoms with van der Waals surface area (Å²) < 4.78 is 37.9. The molecule has 1 amide bonds. The second kappa shape index (κ2) is 9.65. The van der Waals surface area contributed by atoms with E-state index in [2.05, 4.69) is 5.32 Å². The zero-order valence-electron chi connectivity index (χ0n) is 16.2. The molecule has 3 aromatic carbocycles. The summed E-state index contributed by atoms with van der Waals surface area (Å²) in [6.07, 6.45) is 0. The Hall–Kier alpha value is -3.74. The molecule has 0 aromatic heterocycles. The van der Waals surface area contributed by atoms with Crippen molar-refractivity contribution in [3.63, 3.8) is 0 Å². The predicted molar refractivity (Wildman–Crippen MR) is 108 cm³/mol. The Kier molecular flexibility index (Phi) is 6.75. The maximum absolute atomic E-state index is 14.3. The molecule has 0 aliphatic heterocycles. The molecule has 0 spiro atoms. The monoisotopic (exact) mass is 411 g/mol. The molecule has 30 heavy (non-hydrogen) atoms. The van der Waals surface area contributed by atoms with E-state index in [9.17, 15) is 18.4 Å². The number of halogens is 2. The lowest BCUT2D eigenvalue weighted by Gasteiger charge is -2.10. The van der Waals surface area contributed by atoms with Crippen molar-refractivity contribution in [1.82, 2.24) is 0 Å². The highest BCUT2D eigenvalue weighted by Gasteiger charge is 2.14. The van der Waals surface area contributed by atoms with Crippen molar-refractivity contribution >= 4 is 17.6 Å². The van der Waals surface area contributed by atoms with Crippen LogP contribution < -0.4 is 10.1 Å². The molecule has 0 aliphatic carbocycles. The van der Waals surface area contributed by atoms with E-state index in [1.807, 2.05) is 0 Å². The number of hydrogen-bond donors (Lipinski definition) is 1. The fourth-order valence-electron chi connectivity index (χ4n) is 2.75. The van der Waals surface area contributed by atoms with Crippen molar-refractivity contribution in [2.75, 3.05) is 18.5 Å². The highest BCUT2D eigenvalue weighted by Crippen LogP contribution is 2.24. The maximum Gasteiger partial charge on any atom is 0.344 e. The molecular weight excluding hydrogens is 392 g/mol. The number of carbonyl (C=O) groups excluding carboxylic acids is 2. The van der Waals surface area contributed by atoms with Crippen LogP contribution in [-0.4, -0.2) is 25.1 Å². The first-order valence-electron chi connectivity index (χ1n) is 9.21. The fourth-order valence-corrected chi connectivity index (χ4v) is 2.75. The van der Waals surface area contributed by atoms with Crippen molar-refractivity contribution in [3.8, 4) is 16.9 Å². The standard InChI is InChI=1S/C23H19F2NO4/c1-2-29-22(27)14-30-19-8-4-7-18(13-19)26-23(28)20-12-16(9-10-21(20)25)15-5-3-6-17(24)11-15/h3-13H,2,14H2,1H3,(H,26,28). The van der Waals surface area contributed by atoms with Gasteiger partial charge in [0, 0.05) is 11.8 Å². The number of carbonyl (C=O) groups is 2. The second-order valence-corrected chi connectivity index (χ2v) is 6.28. The summed E-state index contributed by atoms with van der Waals surface area (Å²) in [6, 6.07) is 16.2. The molecule has 0 aliphatic rings. The Balaban J connectivity index is 1.75. The molecule has 0 bridgehead atoms. The second-order valence-electron chi connectivity index (χ2n) is 6.28. The Bertz CT molecular complexity index is 1070. The Labute approximate surface area is 172 Å². The van der Waals surface area contributed by atoms with Gasteiger partial charge in [0.15, 0.2) is 6.61 Å². The molecule has 0 heterocycles. The van der Waals surface area contributed by atoms with Crippen LogP contribution in [-0.2, 0) is 9.53 Å². The van der Waals surface area contributed by atoms with Gasteiger partial charge in [-0.15, -0.1) is 0 Å². The number of anilines is 1. The van der Waals surface area contributed by atoms with Gasteiger partial charge >= 0.3 is 5.97 Å². The van der Waals surface area contributed by atoms with E-state index >= 15 is 0 Å². The number of esters is 1. The normalized spacial score (nSPS) is 10.4. The van der Waals surface area contributed by atoms with Gasteiger partial charge in [0.2, 0.25) is 0 Å². The topological polar surface area (TPSA) is 64.6 Å². The molecule has 0 saturated heterocycles. The SMILES string of the molecule is CCOC(=O)COc1cccc(NC(=O)c2cc(-c3cccc(F)c3)ccc2F)c1. The maximum atomic E-state index is 14.3. The van der Waals surface area contributed by atoms with E-state index in [1.54, 1.807) is 31.2 Å². The number of nitrogens with one attached hydrogen (secondary N) is 1. The van der Waals surface area contributed by atoms with Gasteiger partial charge in [-0.3, -0.25) is 4.79 Å². The molecule has 154 valence electrons. The minimum Gasteiger partial charge on any atom is -0.482 e. The van der Waals surface area contributed by atoms with Crippen LogP contribution >= 0.6 is 0 Å².